The van der Waals surface area contributed by atoms with Crippen molar-refractivity contribution in [2.75, 3.05) is 13.7 Å². The summed E-state index contributed by atoms with van der Waals surface area (Å²) in [5, 5.41) is 2.45. The SMILES string of the molecule is CNC(=O)COc1ccc(C(=O)OC(C)C)cc1. The summed E-state index contributed by atoms with van der Waals surface area (Å²) < 4.78 is 10.3. The van der Waals surface area contributed by atoms with Crippen LogP contribution in [0.5, 0.6) is 5.75 Å². The molecule has 5 nitrogen and oxygen atoms in total. The van der Waals surface area contributed by atoms with E-state index in [1.165, 1.54) is 7.05 Å². The molecule has 0 bridgehead atoms. The van der Waals surface area contributed by atoms with E-state index < -0.39 is 0 Å². The topological polar surface area (TPSA) is 64.6 Å². The van der Waals surface area contributed by atoms with Gasteiger partial charge in [-0.2, -0.15) is 0 Å². The van der Waals surface area contributed by atoms with Crippen LogP contribution >= 0.6 is 0 Å². The van der Waals surface area contributed by atoms with Gasteiger partial charge < -0.3 is 14.8 Å². The van der Waals surface area contributed by atoms with E-state index in [-0.39, 0.29) is 24.6 Å². The van der Waals surface area contributed by atoms with E-state index >= 15 is 0 Å². The van der Waals surface area contributed by atoms with Crippen molar-refractivity contribution in [2.45, 2.75) is 20.0 Å². The zero-order valence-corrected chi connectivity index (χ0v) is 10.7. The molecule has 0 saturated carbocycles. The van der Waals surface area contributed by atoms with Gasteiger partial charge in [-0.05, 0) is 38.1 Å². The van der Waals surface area contributed by atoms with Gasteiger partial charge in [0.15, 0.2) is 6.61 Å². The largest absolute Gasteiger partial charge is 0.484 e. The van der Waals surface area contributed by atoms with Crippen LogP contribution in [0.1, 0.15) is 24.2 Å². The Morgan fingerprint density at radius 3 is 2.33 bits per heavy atom. The maximum Gasteiger partial charge on any atom is 0.338 e. The number of esters is 1. The number of hydrogen-bond acceptors (Lipinski definition) is 4. The molecule has 1 N–H and O–H groups in total. The van der Waals surface area contributed by atoms with Crippen LogP contribution in [0.15, 0.2) is 24.3 Å². The predicted octanol–water partition coefficient (Wildman–Crippen LogP) is 1.38. The fraction of sp³-hybridized carbons (Fsp3) is 0.385. The van der Waals surface area contributed by atoms with Crippen molar-refractivity contribution in [3.05, 3.63) is 29.8 Å². The zero-order valence-electron chi connectivity index (χ0n) is 10.7. The maximum absolute atomic E-state index is 11.6. The lowest BCUT2D eigenvalue weighted by Crippen LogP contribution is -2.24. The number of carbonyl (C=O) groups excluding carboxylic acids is 2. The van der Waals surface area contributed by atoms with Gasteiger partial charge in [0.1, 0.15) is 5.75 Å². The molecule has 0 fully saturated rings. The Kier molecular flexibility index (Phi) is 5.17. The summed E-state index contributed by atoms with van der Waals surface area (Å²) >= 11 is 0. The monoisotopic (exact) mass is 251 g/mol. The Morgan fingerprint density at radius 1 is 1.22 bits per heavy atom. The summed E-state index contributed by atoms with van der Waals surface area (Å²) in [6.07, 6.45) is -0.151. The first-order chi connectivity index (χ1) is 8.52. The molecule has 1 rings (SSSR count). The Morgan fingerprint density at radius 2 is 1.83 bits per heavy atom. The van der Waals surface area contributed by atoms with E-state index in [1.54, 1.807) is 38.1 Å². The molecule has 5 heteroatoms. The molecular formula is C13H17NO4. The molecule has 0 aromatic heterocycles. The van der Waals surface area contributed by atoms with Gasteiger partial charge in [0.25, 0.3) is 5.91 Å². The van der Waals surface area contributed by atoms with Crippen molar-refractivity contribution in [2.24, 2.45) is 0 Å². The minimum atomic E-state index is -0.372. The number of benzene rings is 1. The highest BCUT2D eigenvalue weighted by Crippen LogP contribution is 2.13. The molecule has 0 atom stereocenters. The molecule has 0 unspecified atom stereocenters. The second kappa shape index (κ2) is 6.64. The number of nitrogens with one attached hydrogen (secondary N) is 1. The molecule has 0 radical (unpaired) electrons. The number of carbonyl (C=O) groups is 2. The normalized spacial score (nSPS) is 10.0. The molecule has 0 saturated heterocycles. The smallest absolute Gasteiger partial charge is 0.338 e. The van der Waals surface area contributed by atoms with Crippen LogP contribution in [-0.4, -0.2) is 31.6 Å². The van der Waals surface area contributed by atoms with Crippen molar-refractivity contribution < 1.29 is 19.1 Å². The van der Waals surface area contributed by atoms with Gasteiger partial charge in [-0.25, -0.2) is 4.79 Å². The molecule has 0 aliphatic carbocycles. The minimum Gasteiger partial charge on any atom is -0.484 e. The van der Waals surface area contributed by atoms with Gasteiger partial charge >= 0.3 is 5.97 Å². The Hall–Kier alpha value is -2.04. The summed E-state index contributed by atoms with van der Waals surface area (Å²) in [6.45, 7) is 3.53. The first-order valence-electron chi connectivity index (χ1n) is 5.67. The average molecular weight is 251 g/mol. The molecule has 1 aromatic rings. The van der Waals surface area contributed by atoms with E-state index in [4.69, 9.17) is 9.47 Å². The quantitative estimate of drug-likeness (QED) is 0.803. The third-order valence-electron chi connectivity index (χ3n) is 2.08. The molecule has 0 aliphatic rings. The van der Waals surface area contributed by atoms with Gasteiger partial charge in [-0.1, -0.05) is 0 Å². The fourth-order valence-electron chi connectivity index (χ4n) is 1.19. The highest BCUT2D eigenvalue weighted by Gasteiger charge is 2.09. The van der Waals surface area contributed by atoms with E-state index in [1.807, 2.05) is 0 Å². The lowest BCUT2D eigenvalue weighted by molar-refractivity contribution is -0.122. The standard InChI is InChI=1S/C13H17NO4/c1-9(2)18-13(16)10-4-6-11(7-5-10)17-8-12(15)14-3/h4-7,9H,8H2,1-3H3,(H,14,15). The summed E-state index contributed by atoms with van der Waals surface area (Å²) in [7, 11) is 1.54. The van der Waals surface area contributed by atoms with Crippen LogP contribution in [0, 0.1) is 0 Å². The van der Waals surface area contributed by atoms with Crippen LogP contribution in [-0.2, 0) is 9.53 Å². The maximum atomic E-state index is 11.6. The van der Waals surface area contributed by atoms with Gasteiger partial charge in [-0.15, -0.1) is 0 Å². The van der Waals surface area contributed by atoms with Gasteiger partial charge in [-0.3, -0.25) is 4.79 Å². The molecular weight excluding hydrogens is 234 g/mol. The highest BCUT2D eigenvalue weighted by atomic mass is 16.5. The van der Waals surface area contributed by atoms with Gasteiger partial charge in [0.05, 0.1) is 11.7 Å². The third kappa shape index (κ3) is 4.45. The Bertz CT molecular complexity index is 412. The van der Waals surface area contributed by atoms with Gasteiger partial charge in [0, 0.05) is 7.05 Å². The predicted molar refractivity (Wildman–Crippen MR) is 66.6 cm³/mol. The first kappa shape index (κ1) is 14.0. The van der Waals surface area contributed by atoms with E-state index in [2.05, 4.69) is 5.32 Å². The number of amides is 1. The third-order valence-corrected chi connectivity index (χ3v) is 2.08. The fourth-order valence-corrected chi connectivity index (χ4v) is 1.19. The summed E-state index contributed by atoms with van der Waals surface area (Å²) in [5.41, 5.74) is 0.455. The second-order valence-corrected chi connectivity index (χ2v) is 3.94. The summed E-state index contributed by atoms with van der Waals surface area (Å²) in [5.74, 6) is -0.0548. The zero-order chi connectivity index (χ0) is 13.5. The Balaban J connectivity index is 2.57. The number of rotatable bonds is 5. The lowest BCUT2D eigenvalue weighted by atomic mass is 10.2. The number of likely N-dealkylation sites (N-methyl/N-ethyl adjacent to an activating group) is 1. The molecule has 1 aromatic carbocycles. The Labute approximate surface area is 106 Å². The minimum absolute atomic E-state index is 0.0493. The van der Waals surface area contributed by atoms with Crippen LogP contribution in [0.2, 0.25) is 0 Å². The van der Waals surface area contributed by atoms with Crippen molar-refractivity contribution in [1.82, 2.24) is 5.32 Å². The first-order valence-corrected chi connectivity index (χ1v) is 5.67. The molecule has 1 amide bonds. The van der Waals surface area contributed by atoms with Crippen LogP contribution in [0.25, 0.3) is 0 Å². The van der Waals surface area contributed by atoms with E-state index in [0.29, 0.717) is 11.3 Å². The van der Waals surface area contributed by atoms with E-state index in [9.17, 15) is 9.59 Å². The average Bonchev–Trinajstić information content (AvgIpc) is 2.35. The molecule has 18 heavy (non-hydrogen) atoms. The van der Waals surface area contributed by atoms with Crippen LogP contribution < -0.4 is 10.1 Å². The van der Waals surface area contributed by atoms with Crippen molar-refractivity contribution >= 4 is 11.9 Å². The second-order valence-electron chi connectivity index (χ2n) is 3.94. The lowest BCUT2D eigenvalue weighted by Gasteiger charge is -2.09. The molecule has 0 spiro atoms. The van der Waals surface area contributed by atoms with Gasteiger partial charge in [0.2, 0.25) is 0 Å². The van der Waals surface area contributed by atoms with Crippen LogP contribution in [0.4, 0.5) is 0 Å². The molecule has 0 heterocycles. The van der Waals surface area contributed by atoms with Crippen molar-refractivity contribution in [3.8, 4) is 5.75 Å². The number of ether oxygens (including phenoxy) is 2. The van der Waals surface area contributed by atoms with Crippen LogP contribution in [0.3, 0.4) is 0 Å². The van der Waals surface area contributed by atoms with Crippen molar-refractivity contribution in [1.29, 1.82) is 0 Å². The highest BCUT2D eigenvalue weighted by molar-refractivity contribution is 5.89. The van der Waals surface area contributed by atoms with Crippen molar-refractivity contribution in [3.63, 3.8) is 0 Å². The molecule has 0 aliphatic heterocycles. The summed E-state index contributed by atoms with van der Waals surface area (Å²) in [6, 6.07) is 6.45. The molecule has 98 valence electrons. The van der Waals surface area contributed by atoms with E-state index in [0.717, 1.165) is 0 Å². The number of hydrogen-bond donors (Lipinski definition) is 1. The summed E-state index contributed by atoms with van der Waals surface area (Å²) in [4.78, 5) is 22.5.